The van der Waals surface area contributed by atoms with Crippen LogP contribution in [0.25, 0.3) is 0 Å². The number of hydrogen-bond acceptors (Lipinski definition) is 6. The SMILES string of the molecule is CCOc1ccc(N=C2NN=C(c3ccc4c(c3)NC(=O)CO4)CS2)cc1. The Bertz CT molecular complexity index is 925. The molecular weight excluding hydrogens is 364 g/mol. The third kappa shape index (κ3) is 4.06. The Balaban J connectivity index is 1.47. The molecule has 27 heavy (non-hydrogen) atoms. The van der Waals surface area contributed by atoms with Gasteiger partial charge >= 0.3 is 0 Å². The number of fused-ring (bicyclic) bond motifs is 1. The molecule has 2 heterocycles. The lowest BCUT2D eigenvalue weighted by Crippen LogP contribution is -2.27. The van der Waals surface area contributed by atoms with Crippen LogP contribution in [-0.4, -0.2) is 35.8 Å². The minimum Gasteiger partial charge on any atom is -0.494 e. The molecular formula is C19H18N4O3S. The third-order valence-corrected chi connectivity index (χ3v) is 4.83. The summed E-state index contributed by atoms with van der Waals surface area (Å²) >= 11 is 1.57. The van der Waals surface area contributed by atoms with Gasteiger partial charge in [-0.15, -0.1) is 0 Å². The highest BCUT2D eigenvalue weighted by Crippen LogP contribution is 2.29. The summed E-state index contributed by atoms with van der Waals surface area (Å²) in [5, 5.41) is 7.98. The first-order chi connectivity index (χ1) is 13.2. The Hall–Kier alpha value is -3.00. The fraction of sp³-hybridized carbons (Fsp3) is 0.211. The summed E-state index contributed by atoms with van der Waals surface area (Å²) in [7, 11) is 0. The van der Waals surface area contributed by atoms with Crippen LogP contribution in [0.1, 0.15) is 12.5 Å². The molecule has 2 aliphatic heterocycles. The summed E-state index contributed by atoms with van der Waals surface area (Å²) in [5.41, 5.74) is 6.31. The Kier molecular flexibility index (Phi) is 4.97. The highest BCUT2D eigenvalue weighted by molar-refractivity contribution is 8.14. The van der Waals surface area contributed by atoms with E-state index in [0.29, 0.717) is 23.8 Å². The van der Waals surface area contributed by atoms with E-state index >= 15 is 0 Å². The Labute approximate surface area is 160 Å². The van der Waals surface area contributed by atoms with Gasteiger partial charge in [0.15, 0.2) is 11.8 Å². The molecule has 0 bridgehead atoms. The van der Waals surface area contributed by atoms with E-state index in [4.69, 9.17) is 9.47 Å². The largest absolute Gasteiger partial charge is 0.494 e. The van der Waals surface area contributed by atoms with E-state index in [2.05, 4.69) is 20.8 Å². The molecule has 2 aromatic carbocycles. The topological polar surface area (TPSA) is 84.3 Å². The molecule has 138 valence electrons. The Morgan fingerprint density at radius 2 is 2.11 bits per heavy atom. The number of carbonyl (C=O) groups is 1. The average molecular weight is 382 g/mol. The number of aliphatic imine (C=N–C) groups is 1. The van der Waals surface area contributed by atoms with Crippen LogP contribution in [0.15, 0.2) is 52.6 Å². The zero-order valence-corrected chi connectivity index (χ0v) is 15.5. The molecule has 4 rings (SSSR count). The predicted molar refractivity (Wildman–Crippen MR) is 107 cm³/mol. The first-order valence-electron chi connectivity index (χ1n) is 8.55. The predicted octanol–water partition coefficient (Wildman–Crippen LogP) is 3.14. The number of nitrogens with one attached hydrogen (secondary N) is 2. The monoisotopic (exact) mass is 382 g/mol. The maximum absolute atomic E-state index is 11.5. The fourth-order valence-electron chi connectivity index (χ4n) is 2.69. The molecule has 2 aliphatic rings. The minimum atomic E-state index is -0.150. The van der Waals surface area contributed by atoms with Gasteiger partial charge in [-0.3, -0.25) is 10.2 Å². The van der Waals surface area contributed by atoms with E-state index in [1.807, 2.05) is 49.4 Å². The molecule has 0 unspecified atom stereocenters. The quantitative estimate of drug-likeness (QED) is 0.849. The van der Waals surface area contributed by atoms with Gasteiger partial charge in [-0.2, -0.15) is 5.10 Å². The summed E-state index contributed by atoms with van der Waals surface area (Å²) in [6.45, 7) is 2.65. The summed E-state index contributed by atoms with van der Waals surface area (Å²) < 4.78 is 10.8. The number of carbonyl (C=O) groups excluding carboxylic acids is 1. The number of rotatable bonds is 4. The van der Waals surface area contributed by atoms with Gasteiger partial charge in [-0.05, 0) is 49.4 Å². The smallest absolute Gasteiger partial charge is 0.262 e. The van der Waals surface area contributed by atoms with Crippen molar-refractivity contribution in [2.24, 2.45) is 10.1 Å². The van der Waals surface area contributed by atoms with Crippen molar-refractivity contribution < 1.29 is 14.3 Å². The van der Waals surface area contributed by atoms with Crippen LogP contribution in [0.2, 0.25) is 0 Å². The van der Waals surface area contributed by atoms with Crippen LogP contribution >= 0.6 is 11.8 Å². The van der Waals surface area contributed by atoms with E-state index in [9.17, 15) is 4.79 Å². The standard InChI is InChI=1S/C19H18N4O3S/c1-2-25-14-6-4-13(5-7-14)20-19-23-22-16(11-27-19)12-3-8-17-15(9-12)21-18(24)10-26-17/h3-9H,2,10-11H2,1H3,(H,20,23)(H,21,24). The number of hydrazone groups is 1. The first kappa shape index (κ1) is 17.4. The van der Waals surface area contributed by atoms with Crippen molar-refractivity contribution in [2.75, 3.05) is 24.3 Å². The van der Waals surface area contributed by atoms with Crippen molar-refractivity contribution in [3.05, 3.63) is 48.0 Å². The zero-order valence-electron chi connectivity index (χ0n) is 14.7. The van der Waals surface area contributed by atoms with E-state index in [0.717, 1.165) is 27.9 Å². The Morgan fingerprint density at radius 3 is 2.85 bits per heavy atom. The molecule has 0 saturated heterocycles. The molecule has 0 fully saturated rings. The third-order valence-electron chi connectivity index (χ3n) is 3.96. The van der Waals surface area contributed by atoms with E-state index in [1.54, 1.807) is 11.8 Å². The summed E-state index contributed by atoms with van der Waals surface area (Å²) in [4.78, 5) is 16.0. The van der Waals surface area contributed by atoms with Gasteiger partial charge in [0.1, 0.15) is 11.5 Å². The molecule has 0 aliphatic carbocycles. The van der Waals surface area contributed by atoms with Gasteiger partial charge in [0.05, 0.1) is 23.7 Å². The second-order valence-corrected chi connectivity index (χ2v) is 6.81. The number of thioether (sulfide) groups is 1. The van der Waals surface area contributed by atoms with Gasteiger partial charge < -0.3 is 14.8 Å². The average Bonchev–Trinajstić information content (AvgIpc) is 2.70. The maximum Gasteiger partial charge on any atom is 0.262 e. The van der Waals surface area contributed by atoms with Crippen LogP contribution < -0.4 is 20.2 Å². The molecule has 1 amide bonds. The molecule has 2 aromatic rings. The van der Waals surface area contributed by atoms with E-state index in [-0.39, 0.29) is 12.5 Å². The van der Waals surface area contributed by atoms with E-state index < -0.39 is 0 Å². The molecule has 0 saturated carbocycles. The fourth-order valence-corrected chi connectivity index (χ4v) is 3.47. The molecule has 0 aromatic heterocycles. The van der Waals surface area contributed by atoms with Crippen molar-refractivity contribution in [1.29, 1.82) is 0 Å². The highest BCUT2D eigenvalue weighted by Gasteiger charge is 2.19. The molecule has 8 heteroatoms. The number of hydrogen-bond donors (Lipinski definition) is 2. The lowest BCUT2D eigenvalue weighted by Gasteiger charge is -2.20. The van der Waals surface area contributed by atoms with Gasteiger partial charge in [0.2, 0.25) is 0 Å². The molecule has 0 atom stereocenters. The highest BCUT2D eigenvalue weighted by atomic mass is 32.2. The van der Waals surface area contributed by atoms with Crippen LogP contribution in [0.3, 0.4) is 0 Å². The lowest BCUT2D eigenvalue weighted by molar-refractivity contribution is -0.118. The number of amides is 1. The number of nitrogens with zero attached hydrogens (tertiary/aromatic N) is 2. The maximum atomic E-state index is 11.5. The normalized spacial score (nSPS) is 17.3. The van der Waals surface area contributed by atoms with Gasteiger partial charge in [-0.25, -0.2) is 4.99 Å². The molecule has 7 nitrogen and oxygen atoms in total. The summed E-state index contributed by atoms with van der Waals surface area (Å²) in [5.74, 6) is 2.03. The number of anilines is 1. The van der Waals surface area contributed by atoms with Crippen molar-refractivity contribution >= 4 is 39.9 Å². The van der Waals surface area contributed by atoms with Crippen LogP contribution in [0.4, 0.5) is 11.4 Å². The van der Waals surface area contributed by atoms with E-state index in [1.165, 1.54) is 0 Å². The van der Waals surface area contributed by atoms with Gasteiger partial charge in [0.25, 0.3) is 5.91 Å². The lowest BCUT2D eigenvalue weighted by atomic mass is 10.1. The zero-order chi connectivity index (χ0) is 18.6. The molecule has 0 spiro atoms. The summed E-state index contributed by atoms with van der Waals surface area (Å²) in [6, 6.07) is 13.3. The number of benzene rings is 2. The second kappa shape index (κ2) is 7.71. The van der Waals surface area contributed by atoms with Crippen LogP contribution in [0, 0.1) is 0 Å². The summed E-state index contributed by atoms with van der Waals surface area (Å²) in [6.07, 6.45) is 0. The van der Waals surface area contributed by atoms with Gasteiger partial charge in [-0.1, -0.05) is 11.8 Å². The second-order valence-electron chi connectivity index (χ2n) is 5.85. The van der Waals surface area contributed by atoms with Crippen LogP contribution in [0.5, 0.6) is 11.5 Å². The minimum absolute atomic E-state index is 0.0517. The number of amidine groups is 1. The first-order valence-corrected chi connectivity index (χ1v) is 9.54. The van der Waals surface area contributed by atoms with Crippen molar-refractivity contribution in [3.8, 4) is 11.5 Å². The van der Waals surface area contributed by atoms with Gasteiger partial charge in [0, 0.05) is 11.3 Å². The van der Waals surface area contributed by atoms with Crippen molar-refractivity contribution in [2.45, 2.75) is 6.92 Å². The Morgan fingerprint density at radius 1 is 1.26 bits per heavy atom. The number of ether oxygens (including phenoxy) is 2. The van der Waals surface area contributed by atoms with Crippen molar-refractivity contribution in [1.82, 2.24) is 5.43 Å². The molecule has 0 radical (unpaired) electrons. The van der Waals surface area contributed by atoms with Crippen LogP contribution in [-0.2, 0) is 4.79 Å². The van der Waals surface area contributed by atoms with Crippen molar-refractivity contribution in [3.63, 3.8) is 0 Å². The molecule has 2 N–H and O–H groups in total.